The van der Waals surface area contributed by atoms with Gasteiger partial charge in [0.15, 0.2) is 0 Å². The number of thioether (sulfide) groups is 1. The van der Waals surface area contributed by atoms with Gasteiger partial charge in [0.25, 0.3) is 11.1 Å². The largest absolute Gasteiger partial charge is 0.292 e. The molecular formula is C7H11N3O3S. The van der Waals surface area contributed by atoms with Gasteiger partial charge in [-0.2, -0.15) is 0 Å². The summed E-state index contributed by atoms with van der Waals surface area (Å²) in [5, 5.41) is -0.391. The highest BCUT2D eigenvalue weighted by Crippen LogP contribution is 2.20. The standard InChI is InChI=1S/C7H11N3O3S/c1-4(6(12)9-8)10-5(11)2-3-14-7(10)13/h4H,2-3,8H2,1H3,(H,9,12). The molecule has 1 aliphatic rings. The average Bonchev–Trinajstić information content (AvgIpc) is 2.16. The second-order valence-corrected chi connectivity index (χ2v) is 3.86. The van der Waals surface area contributed by atoms with E-state index >= 15 is 0 Å². The van der Waals surface area contributed by atoms with Gasteiger partial charge in [0.2, 0.25) is 5.91 Å². The number of nitrogens with zero attached hydrogens (tertiary/aromatic N) is 1. The zero-order valence-electron chi connectivity index (χ0n) is 7.65. The number of amides is 3. The molecule has 7 heteroatoms. The van der Waals surface area contributed by atoms with Crippen LogP contribution in [0.15, 0.2) is 0 Å². The van der Waals surface area contributed by atoms with Crippen LogP contribution in [0.4, 0.5) is 4.79 Å². The van der Waals surface area contributed by atoms with E-state index in [1.165, 1.54) is 6.92 Å². The zero-order chi connectivity index (χ0) is 10.7. The van der Waals surface area contributed by atoms with Crippen molar-refractivity contribution in [3.8, 4) is 0 Å². The monoisotopic (exact) mass is 217 g/mol. The van der Waals surface area contributed by atoms with Gasteiger partial charge in [-0.15, -0.1) is 0 Å². The number of imide groups is 1. The number of hydrazine groups is 1. The molecule has 1 saturated heterocycles. The molecule has 3 amide bonds. The van der Waals surface area contributed by atoms with Crippen molar-refractivity contribution in [2.24, 2.45) is 5.84 Å². The van der Waals surface area contributed by atoms with E-state index in [1.54, 1.807) is 0 Å². The molecular weight excluding hydrogens is 206 g/mol. The highest BCUT2D eigenvalue weighted by atomic mass is 32.2. The lowest BCUT2D eigenvalue weighted by molar-refractivity contribution is -0.136. The maximum atomic E-state index is 11.3. The predicted molar refractivity (Wildman–Crippen MR) is 51.1 cm³/mol. The van der Waals surface area contributed by atoms with Crippen molar-refractivity contribution < 1.29 is 14.4 Å². The second kappa shape index (κ2) is 4.43. The Morgan fingerprint density at radius 1 is 1.64 bits per heavy atom. The van der Waals surface area contributed by atoms with Gasteiger partial charge in [0, 0.05) is 12.2 Å². The average molecular weight is 217 g/mol. The quantitative estimate of drug-likeness (QED) is 0.368. The lowest BCUT2D eigenvalue weighted by Crippen LogP contribution is -2.52. The van der Waals surface area contributed by atoms with Crippen LogP contribution < -0.4 is 11.3 Å². The third-order valence-corrected chi connectivity index (χ3v) is 2.77. The molecule has 6 nitrogen and oxygen atoms in total. The van der Waals surface area contributed by atoms with E-state index < -0.39 is 17.2 Å². The van der Waals surface area contributed by atoms with Crippen LogP contribution in [0.5, 0.6) is 0 Å². The van der Waals surface area contributed by atoms with E-state index in [2.05, 4.69) is 0 Å². The first-order valence-corrected chi connectivity index (χ1v) is 5.05. The van der Waals surface area contributed by atoms with Crippen LogP contribution >= 0.6 is 11.8 Å². The SMILES string of the molecule is CC(C(=O)NN)N1C(=O)CCSC1=O. The summed E-state index contributed by atoms with van der Waals surface area (Å²) in [5.41, 5.74) is 1.91. The second-order valence-electron chi connectivity index (χ2n) is 2.81. The lowest BCUT2D eigenvalue weighted by Gasteiger charge is -2.28. The fourth-order valence-corrected chi connectivity index (χ4v) is 1.98. The molecule has 0 aliphatic carbocycles. The summed E-state index contributed by atoms with van der Waals surface area (Å²) in [6.07, 6.45) is 0.276. The Bertz CT molecular complexity index is 265. The van der Waals surface area contributed by atoms with E-state index in [-0.39, 0.29) is 12.3 Å². The van der Waals surface area contributed by atoms with Gasteiger partial charge in [-0.25, -0.2) is 5.84 Å². The van der Waals surface area contributed by atoms with Crippen molar-refractivity contribution >= 4 is 28.8 Å². The van der Waals surface area contributed by atoms with Crippen LogP contribution in [0.25, 0.3) is 0 Å². The summed E-state index contributed by atoms with van der Waals surface area (Å²) in [5.74, 6) is 4.52. The minimum Gasteiger partial charge on any atom is -0.292 e. The topological polar surface area (TPSA) is 92.5 Å². The molecule has 0 aromatic carbocycles. The Morgan fingerprint density at radius 2 is 2.29 bits per heavy atom. The lowest BCUT2D eigenvalue weighted by atomic mass is 10.2. The van der Waals surface area contributed by atoms with Crippen molar-refractivity contribution in [1.82, 2.24) is 10.3 Å². The minimum atomic E-state index is -0.840. The number of nitrogens with one attached hydrogen (secondary N) is 1. The molecule has 1 aliphatic heterocycles. The molecule has 1 fully saturated rings. The Labute approximate surface area is 85.2 Å². The summed E-state index contributed by atoms with van der Waals surface area (Å²) < 4.78 is 0. The normalized spacial score (nSPS) is 19.4. The Morgan fingerprint density at radius 3 is 2.79 bits per heavy atom. The van der Waals surface area contributed by atoms with Gasteiger partial charge in [-0.3, -0.25) is 24.7 Å². The minimum absolute atomic E-state index is 0.276. The first-order chi connectivity index (χ1) is 6.57. The number of rotatable bonds is 2. The molecule has 0 bridgehead atoms. The van der Waals surface area contributed by atoms with E-state index in [0.29, 0.717) is 5.75 Å². The maximum Gasteiger partial charge on any atom is 0.289 e. The predicted octanol–water partition coefficient (Wildman–Crippen LogP) is -0.550. The Hall–Kier alpha value is -1.08. The highest BCUT2D eigenvalue weighted by Gasteiger charge is 2.34. The fourth-order valence-electron chi connectivity index (χ4n) is 1.13. The Balaban J connectivity index is 2.77. The van der Waals surface area contributed by atoms with Gasteiger partial charge in [-0.1, -0.05) is 11.8 Å². The van der Waals surface area contributed by atoms with Crippen LogP contribution in [-0.4, -0.2) is 33.7 Å². The van der Waals surface area contributed by atoms with Crippen molar-refractivity contribution in [2.75, 3.05) is 5.75 Å². The molecule has 0 saturated carbocycles. The third-order valence-electron chi connectivity index (χ3n) is 1.92. The van der Waals surface area contributed by atoms with Crippen LogP contribution in [0, 0.1) is 0 Å². The van der Waals surface area contributed by atoms with E-state index in [9.17, 15) is 14.4 Å². The van der Waals surface area contributed by atoms with E-state index in [4.69, 9.17) is 5.84 Å². The number of hydrogen-bond donors (Lipinski definition) is 2. The Kier molecular flexibility index (Phi) is 3.48. The molecule has 1 heterocycles. The molecule has 0 aromatic rings. The van der Waals surface area contributed by atoms with Gasteiger partial charge < -0.3 is 0 Å². The molecule has 0 spiro atoms. The summed E-state index contributed by atoms with van der Waals surface area (Å²) in [4.78, 5) is 34.7. The van der Waals surface area contributed by atoms with Crippen molar-refractivity contribution in [1.29, 1.82) is 0 Å². The molecule has 1 rings (SSSR count). The van der Waals surface area contributed by atoms with Crippen molar-refractivity contribution in [3.63, 3.8) is 0 Å². The fraction of sp³-hybridized carbons (Fsp3) is 0.571. The zero-order valence-corrected chi connectivity index (χ0v) is 8.47. The first kappa shape index (κ1) is 11.0. The van der Waals surface area contributed by atoms with Gasteiger partial charge in [0.1, 0.15) is 6.04 Å². The smallest absolute Gasteiger partial charge is 0.289 e. The molecule has 1 atom stereocenters. The van der Waals surface area contributed by atoms with Gasteiger partial charge >= 0.3 is 0 Å². The summed E-state index contributed by atoms with van der Waals surface area (Å²) in [6, 6.07) is -0.840. The number of nitrogens with two attached hydrogens (primary N) is 1. The van der Waals surface area contributed by atoms with Crippen LogP contribution in [0.2, 0.25) is 0 Å². The summed E-state index contributed by atoms with van der Waals surface area (Å²) in [7, 11) is 0. The number of hydrogen-bond acceptors (Lipinski definition) is 5. The molecule has 3 N–H and O–H groups in total. The maximum absolute atomic E-state index is 11.3. The summed E-state index contributed by atoms with van der Waals surface area (Å²) >= 11 is 1.03. The highest BCUT2D eigenvalue weighted by molar-refractivity contribution is 8.13. The third kappa shape index (κ3) is 2.05. The summed E-state index contributed by atoms with van der Waals surface area (Å²) in [6.45, 7) is 1.46. The molecule has 1 unspecified atom stereocenters. The first-order valence-electron chi connectivity index (χ1n) is 4.07. The van der Waals surface area contributed by atoms with Gasteiger partial charge in [-0.05, 0) is 6.92 Å². The van der Waals surface area contributed by atoms with Gasteiger partial charge in [0.05, 0.1) is 0 Å². The van der Waals surface area contributed by atoms with Crippen molar-refractivity contribution in [2.45, 2.75) is 19.4 Å². The van der Waals surface area contributed by atoms with Crippen LogP contribution in [0.3, 0.4) is 0 Å². The molecule has 0 aromatic heterocycles. The molecule has 14 heavy (non-hydrogen) atoms. The number of carbonyl (C=O) groups is 3. The van der Waals surface area contributed by atoms with E-state index in [0.717, 1.165) is 16.7 Å². The van der Waals surface area contributed by atoms with Crippen LogP contribution in [0.1, 0.15) is 13.3 Å². The van der Waals surface area contributed by atoms with Crippen molar-refractivity contribution in [3.05, 3.63) is 0 Å². The molecule has 78 valence electrons. The number of carbonyl (C=O) groups excluding carboxylic acids is 3. The van der Waals surface area contributed by atoms with E-state index in [1.807, 2.05) is 5.43 Å². The molecule has 0 radical (unpaired) electrons. The van der Waals surface area contributed by atoms with Crippen LogP contribution in [-0.2, 0) is 9.59 Å².